The van der Waals surface area contributed by atoms with Crippen LogP contribution in [0.5, 0.6) is 0 Å². The van der Waals surface area contributed by atoms with Gasteiger partial charge in [-0.25, -0.2) is 9.67 Å². The summed E-state index contributed by atoms with van der Waals surface area (Å²) in [5, 5.41) is 19.0. The highest BCUT2D eigenvalue weighted by Gasteiger charge is 2.45. The number of rotatable bonds is 4. The number of aromatic nitrogens is 4. The molecule has 3 aliphatic rings. The van der Waals surface area contributed by atoms with Crippen LogP contribution in [0.3, 0.4) is 0 Å². The van der Waals surface area contributed by atoms with Gasteiger partial charge in [0.25, 0.3) is 5.56 Å². The molecule has 2 N–H and O–H groups in total. The molecular formula is C22H26N6O2. The minimum atomic E-state index is -0.870. The number of fused-ring (bicyclic) bond motifs is 2. The Balaban J connectivity index is 1.32. The summed E-state index contributed by atoms with van der Waals surface area (Å²) < 4.78 is 3.26. The lowest BCUT2D eigenvalue weighted by Crippen LogP contribution is -2.46. The van der Waals surface area contributed by atoms with Crippen LogP contribution in [0.15, 0.2) is 41.6 Å². The average molecular weight is 406 g/mol. The second-order valence-electron chi connectivity index (χ2n) is 9.13. The van der Waals surface area contributed by atoms with E-state index in [1.807, 2.05) is 12.1 Å². The normalized spacial score (nSPS) is 24.9. The zero-order chi connectivity index (χ0) is 20.3. The molecule has 30 heavy (non-hydrogen) atoms. The maximum atomic E-state index is 13.0. The van der Waals surface area contributed by atoms with Crippen molar-refractivity contribution < 1.29 is 5.11 Å². The molecule has 1 aromatic carbocycles. The number of aliphatic hydroxyl groups is 1. The first-order chi connectivity index (χ1) is 14.6. The zero-order valence-electron chi connectivity index (χ0n) is 16.9. The van der Waals surface area contributed by atoms with E-state index in [0.717, 1.165) is 43.7 Å². The van der Waals surface area contributed by atoms with Gasteiger partial charge in [-0.05, 0) is 62.4 Å². The number of nitrogens with one attached hydrogen (secondary N) is 1. The number of benzene rings is 1. The molecule has 0 radical (unpaired) electrons. The van der Waals surface area contributed by atoms with Crippen LogP contribution in [0.4, 0.5) is 5.69 Å². The van der Waals surface area contributed by atoms with Crippen molar-refractivity contribution in [1.29, 1.82) is 0 Å². The SMILES string of the molecule is O=c1c2cnn(-c3cccc(N4CC5CC5C4)c3)c2ncn1CC1(O)CCNCC1. The number of anilines is 1. The summed E-state index contributed by atoms with van der Waals surface area (Å²) in [7, 11) is 0. The van der Waals surface area contributed by atoms with Crippen molar-refractivity contribution in [1.82, 2.24) is 24.6 Å². The minimum Gasteiger partial charge on any atom is -0.388 e. The van der Waals surface area contributed by atoms with E-state index in [-0.39, 0.29) is 12.1 Å². The van der Waals surface area contributed by atoms with Crippen molar-refractivity contribution >= 4 is 16.7 Å². The van der Waals surface area contributed by atoms with Gasteiger partial charge in [0.2, 0.25) is 0 Å². The first-order valence-corrected chi connectivity index (χ1v) is 10.8. The van der Waals surface area contributed by atoms with E-state index in [1.54, 1.807) is 17.2 Å². The molecule has 2 saturated heterocycles. The number of hydrogen-bond acceptors (Lipinski definition) is 6. The molecule has 156 valence electrons. The predicted molar refractivity (Wildman–Crippen MR) is 114 cm³/mol. The summed E-state index contributed by atoms with van der Waals surface area (Å²) in [6.07, 6.45) is 5.76. The van der Waals surface area contributed by atoms with Crippen LogP contribution >= 0.6 is 0 Å². The second kappa shape index (κ2) is 6.65. The van der Waals surface area contributed by atoms with Gasteiger partial charge in [0.15, 0.2) is 5.65 Å². The fourth-order valence-electron chi connectivity index (χ4n) is 5.05. The second-order valence-corrected chi connectivity index (χ2v) is 9.13. The van der Waals surface area contributed by atoms with E-state index < -0.39 is 5.60 Å². The van der Waals surface area contributed by atoms with E-state index >= 15 is 0 Å². The Bertz CT molecular complexity index is 1150. The van der Waals surface area contributed by atoms with Crippen LogP contribution in [-0.4, -0.2) is 56.2 Å². The lowest BCUT2D eigenvalue weighted by atomic mass is 9.92. The van der Waals surface area contributed by atoms with E-state index in [2.05, 4.69) is 32.4 Å². The molecule has 1 saturated carbocycles. The molecule has 3 aromatic rings. The van der Waals surface area contributed by atoms with E-state index in [9.17, 15) is 9.90 Å². The fraction of sp³-hybridized carbons (Fsp3) is 0.500. The van der Waals surface area contributed by atoms with Gasteiger partial charge in [0.1, 0.15) is 11.7 Å². The maximum absolute atomic E-state index is 13.0. The summed E-state index contributed by atoms with van der Waals surface area (Å²) >= 11 is 0. The molecular weight excluding hydrogens is 380 g/mol. The van der Waals surface area contributed by atoms with Crippen molar-refractivity contribution in [3.63, 3.8) is 0 Å². The summed E-state index contributed by atoms with van der Waals surface area (Å²) in [5.74, 6) is 1.74. The lowest BCUT2D eigenvalue weighted by Gasteiger charge is -2.32. The topological polar surface area (TPSA) is 88.2 Å². The highest BCUT2D eigenvalue weighted by Crippen LogP contribution is 2.46. The highest BCUT2D eigenvalue weighted by molar-refractivity contribution is 5.75. The predicted octanol–water partition coefficient (Wildman–Crippen LogP) is 1.15. The number of piperidine rings is 2. The molecule has 0 bridgehead atoms. The van der Waals surface area contributed by atoms with Crippen LogP contribution in [0.1, 0.15) is 19.3 Å². The largest absolute Gasteiger partial charge is 0.388 e. The molecule has 4 heterocycles. The summed E-state index contributed by atoms with van der Waals surface area (Å²) in [6.45, 7) is 4.04. The van der Waals surface area contributed by atoms with Gasteiger partial charge in [0.05, 0.1) is 24.0 Å². The molecule has 2 aliphatic heterocycles. The average Bonchev–Trinajstić information content (AvgIpc) is 3.16. The Morgan fingerprint density at radius 1 is 1.17 bits per heavy atom. The smallest absolute Gasteiger partial charge is 0.264 e. The molecule has 2 atom stereocenters. The van der Waals surface area contributed by atoms with Crippen LogP contribution in [0.2, 0.25) is 0 Å². The van der Waals surface area contributed by atoms with Gasteiger partial charge in [-0.1, -0.05) is 6.07 Å². The highest BCUT2D eigenvalue weighted by atomic mass is 16.3. The van der Waals surface area contributed by atoms with Gasteiger partial charge in [0, 0.05) is 18.8 Å². The van der Waals surface area contributed by atoms with Gasteiger partial charge < -0.3 is 15.3 Å². The Hall–Kier alpha value is -2.71. The molecule has 0 amide bonds. The van der Waals surface area contributed by atoms with Gasteiger partial charge >= 0.3 is 0 Å². The molecule has 6 rings (SSSR count). The van der Waals surface area contributed by atoms with E-state index in [1.165, 1.54) is 16.7 Å². The standard InChI is InChI=1S/C22H26N6O2/c29-21-19-10-25-28(18-3-1-2-17(9-18)26-11-15-8-16(15)12-26)20(19)24-14-27(21)13-22(30)4-6-23-7-5-22/h1-3,9-10,14-16,23,30H,4-8,11-13H2. The quantitative estimate of drug-likeness (QED) is 0.676. The molecule has 2 unspecified atom stereocenters. The van der Waals surface area contributed by atoms with Crippen molar-refractivity contribution in [3.8, 4) is 5.69 Å². The molecule has 2 aromatic heterocycles. The first kappa shape index (κ1) is 18.1. The third kappa shape index (κ3) is 3.02. The Morgan fingerprint density at radius 2 is 1.93 bits per heavy atom. The minimum absolute atomic E-state index is 0.158. The maximum Gasteiger partial charge on any atom is 0.264 e. The van der Waals surface area contributed by atoms with Gasteiger partial charge in [-0.3, -0.25) is 9.36 Å². The summed E-state index contributed by atoms with van der Waals surface area (Å²) in [4.78, 5) is 20.0. The molecule has 3 fully saturated rings. The van der Waals surface area contributed by atoms with Crippen LogP contribution in [-0.2, 0) is 6.54 Å². The monoisotopic (exact) mass is 406 g/mol. The number of hydrogen-bond donors (Lipinski definition) is 2. The van der Waals surface area contributed by atoms with Gasteiger partial charge in [-0.15, -0.1) is 0 Å². The summed E-state index contributed by atoms with van der Waals surface area (Å²) in [6, 6.07) is 8.30. The van der Waals surface area contributed by atoms with Crippen molar-refractivity contribution in [2.75, 3.05) is 31.1 Å². The van der Waals surface area contributed by atoms with Crippen molar-refractivity contribution in [2.45, 2.75) is 31.4 Å². The molecule has 8 heteroatoms. The molecule has 8 nitrogen and oxygen atoms in total. The van der Waals surface area contributed by atoms with E-state index in [4.69, 9.17) is 0 Å². The fourth-order valence-corrected chi connectivity index (χ4v) is 5.05. The number of nitrogens with zero attached hydrogens (tertiary/aromatic N) is 5. The van der Waals surface area contributed by atoms with Crippen LogP contribution in [0.25, 0.3) is 16.7 Å². The summed E-state index contributed by atoms with van der Waals surface area (Å²) in [5.41, 5.74) is 1.63. The third-order valence-electron chi connectivity index (χ3n) is 6.97. The van der Waals surface area contributed by atoms with Crippen molar-refractivity contribution in [2.24, 2.45) is 11.8 Å². The zero-order valence-corrected chi connectivity index (χ0v) is 16.9. The van der Waals surface area contributed by atoms with Crippen LogP contribution < -0.4 is 15.8 Å². The van der Waals surface area contributed by atoms with Gasteiger partial charge in [-0.2, -0.15) is 5.10 Å². The Labute approximate surface area is 174 Å². The Kier molecular flexibility index (Phi) is 4.01. The van der Waals surface area contributed by atoms with Crippen LogP contribution in [0, 0.1) is 11.8 Å². The van der Waals surface area contributed by atoms with Crippen molar-refractivity contribution in [3.05, 3.63) is 47.1 Å². The lowest BCUT2D eigenvalue weighted by molar-refractivity contribution is -0.00627. The molecule has 1 aliphatic carbocycles. The van der Waals surface area contributed by atoms with E-state index in [0.29, 0.717) is 23.9 Å². The first-order valence-electron chi connectivity index (χ1n) is 10.8. The molecule has 0 spiro atoms. The third-order valence-corrected chi connectivity index (χ3v) is 6.97. The Morgan fingerprint density at radius 3 is 2.73 bits per heavy atom.